The smallest absolute Gasteiger partial charge is 0.208 e. The molecule has 2 aliphatic heterocycles. The summed E-state index contributed by atoms with van der Waals surface area (Å²) in [6.07, 6.45) is 2.79. The Morgan fingerprint density at radius 1 is 1.60 bits per heavy atom. The number of fused-ring (bicyclic) bond motifs is 2. The van der Waals surface area contributed by atoms with Gasteiger partial charge in [0.05, 0.1) is 11.6 Å². The van der Waals surface area contributed by atoms with Gasteiger partial charge in [-0.3, -0.25) is 4.79 Å². The number of ether oxygens (including phenoxy) is 2. The molecule has 0 fully saturated rings. The van der Waals surface area contributed by atoms with E-state index in [4.69, 9.17) is 32.7 Å². The van der Waals surface area contributed by atoms with E-state index in [0.29, 0.717) is 6.61 Å². The Hall–Kier alpha value is -0.350. The van der Waals surface area contributed by atoms with Crippen LogP contribution in [0.25, 0.3) is 0 Å². The van der Waals surface area contributed by atoms with Crippen molar-refractivity contribution in [3.63, 3.8) is 0 Å². The second-order valence-corrected chi connectivity index (χ2v) is 4.17. The third-order valence-corrected chi connectivity index (χ3v) is 3.42. The molecule has 2 rings (SSSR count). The number of rotatable bonds is 3. The van der Waals surface area contributed by atoms with E-state index in [1.807, 2.05) is 6.92 Å². The fourth-order valence-corrected chi connectivity index (χ4v) is 2.15. The Bertz CT molecular complexity index is 362. The Morgan fingerprint density at radius 3 is 3.00 bits per heavy atom. The van der Waals surface area contributed by atoms with Crippen molar-refractivity contribution in [2.24, 2.45) is 0 Å². The number of hydrogen-bond acceptors (Lipinski definition) is 3. The largest absolute Gasteiger partial charge is 0.378 e. The van der Waals surface area contributed by atoms with Crippen LogP contribution in [0, 0.1) is 0 Å². The fraction of sp³-hybridized carbons (Fsp3) is 0.500. The van der Waals surface area contributed by atoms with Gasteiger partial charge in [-0.15, -0.1) is 0 Å². The van der Waals surface area contributed by atoms with Crippen LogP contribution in [0.15, 0.2) is 22.2 Å². The highest BCUT2D eigenvalue weighted by Crippen LogP contribution is 2.42. The summed E-state index contributed by atoms with van der Waals surface area (Å²) in [5, 5.41) is 0.269. The summed E-state index contributed by atoms with van der Waals surface area (Å²) in [5.41, 5.74) is -0.854. The first-order valence-corrected chi connectivity index (χ1v) is 5.41. The maximum Gasteiger partial charge on any atom is 0.208 e. The highest BCUT2D eigenvalue weighted by molar-refractivity contribution is 6.50. The third-order valence-electron chi connectivity index (χ3n) is 2.44. The molecule has 2 heterocycles. The van der Waals surface area contributed by atoms with Gasteiger partial charge in [-0.25, -0.2) is 0 Å². The van der Waals surface area contributed by atoms with E-state index in [-0.39, 0.29) is 22.5 Å². The van der Waals surface area contributed by atoms with Gasteiger partial charge in [0.2, 0.25) is 5.78 Å². The second kappa shape index (κ2) is 3.91. The van der Waals surface area contributed by atoms with Crippen LogP contribution in [-0.2, 0) is 14.3 Å². The summed E-state index contributed by atoms with van der Waals surface area (Å²) in [6, 6.07) is 0. The number of hydrogen-bond donors (Lipinski definition) is 0. The Morgan fingerprint density at radius 2 is 2.33 bits per heavy atom. The SMILES string of the molecule is CCOCC12C=CC(O1)C(=O)C(Cl)=C2Cl. The molecule has 2 atom stereocenters. The molecule has 82 valence electrons. The Balaban J connectivity index is 2.33. The molecule has 0 spiro atoms. The molecule has 0 saturated carbocycles. The zero-order valence-corrected chi connectivity index (χ0v) is 9.64. The van der Waals surface area contributed by atoms with Crippen molar-refractivity contribution >= 4 is 29.0 Å². The van der Waals surface area contributed by atoms with Crippen LogP contribution < -0.4 is 0 Å². The molecular formula is C10H10Cl2O3. The van der Waals surface area contributed by atoms with Crippen LogP contribution in [0.1, 0.15) is 6.92 Å². The van der Waals surface area contributed by atoms with Crippen molar-refractivity contribution in [2.45, 2.75) is 18.6 Å². The van der Waals surface area contributed by atoms with E-state index in [9.17, 15) is 4.79 Å². The van der Waals surface area contributed by atoms with Crippen molar-refractivity contribution in [2.75, 3.05) is 13.2 Å². The lowest BCUT2D eigenvalue weighted by Crippen LogP contribution is -2.42. The molecular weight excluding hydrogens is 239 g/mol. The molecule has 2 unspecified atom stereocenters. The lowest BCUT2D eigenvalue weighted by Gasteiger charge is -2.32. The van der Waals surface area contributed by atoms with Crippen LogP contribution in [0.5, 0.6) is 0 Å². The number of ketones is 1. The van der Waals surface area contributed by atoms with Gasteiger partial charge in [0.1, 0.15) is 16.7 Å². The fourth-order valence-electron chi connectivity index (χ4n) is 1.63. The summed E-state index contributed by atoms with van der Waals surface area (Å²) in [7, 11) is 0. The van der Waals surface area contributed by atoms with Gasteiger partial charge in [-0.05, 0) is 19.1 Å². The molecule has 0 aromatic heterocycles. The van der Waals surface area contributed by atoms with Crippen LogP contribution in [-0.4, -0.2) is 30.7 Å². The molecule has 0 aromatic rings. The first-order chi connectivity index (χ1) is 7.10. The van der Waals surface area contributed by atoms with Gasteiger partial charge in [-0.1, -0.05) is 23.2 Å². The summed E-state index contributed by atoms with van der Waals surface area (Å²) < 4.78 is 10.8. The average Bonchev–Trinajstić information content (AvgIpc) is 2.65. The van der Waals surface area contributed by atoms with Gasteiger partial charge in [-0.2, -0.15) is 0 Å². The van der Waals surface area contributed by atoms with E-state index in [1.54, 1.807) is 12.2 Å². The molecule has 0 saturated heterocycles. The molecule has 2 bridgehead atoms. The van der Waals surface area contributed by atoms with Crippen molar-refractivity contribution in [1.82, 2.24) is 0 Å². The maximum absolute atomic E-state index is 11.5. The van der Waals surface area contributed by atoms with E-state index in [1.165, 1.54) is 0 Å². The lowest BCUT2D eigenvalue weighted by molar-refractivity contribution is -0.132. The Kier molecular flexibility index (Phi) is 2.90. The quantitative estimate of drug-likeness (QED) is 0.717. The molecule has 0 radical (unpaired) electrons. The molecule has 0 aromatic carbocycles. The van der Waals surface area contributed by atoms with Crippen LogP contribution in [0.4, 0.5) is 0 Å². The molecule has 0 aliphatic carbocycles. The first-order valence-electron chi connectivity index (χ1n) is 4.65. The van der Waals surface area contributed by atoms with Gasteiger partial charge in [0.25, 0.3) is 0 Å². The molecule has 2 aliphatic rings. The summed E-state index contributed by atoms with van der Waals surface area (Å²) >= 11 is 11.9. The van der Waals surface area contributed by atoms with Crippen molar-refractivity contribution in [3.8, 4) is 0 Å². The highest BCUT2D eigenvalue weighted by Gasteiger charge is 2.48. The normalized spacial score (nSPS) is 34.1. The number of carbonyl (C=O) groups excluding carboxylic acids is 1. The average molecular weight is 249 g/mol. The summed E-state index contributed by atoms with van der Waals surface area (Å²) in [5.74, 6) is -0.289. The van der Waals surface area contributed by atoms with Crippen molar-refractivity contribution < 1.29 is 14.3 Å². The number of carbonyl (C=O) groups is 1. The first kappa shape index (κ1) is 11.1. The zero-order valence-electron chi connectivity index (χ0n) is 8.13. The Labute approximate surface area is 97.6 Å². The second-order valence-electron chi connectivity index (χ2n) is 3.42. The van der Waals surface area contributed by atoms with Crippen LogP contribution in [0.2, 0.25) is 0 Å². The maximum atomic E-state index is 11.5. The van der Waals surface area contributed by atoms with Gasteiger partial charge < -0.3 is 9.47 Å². The molecule has 0 amide bonds. The highest BCUT2D eigenvalue weighted by atomic mass is 35.5. The monoisotopic (exact) mass is 248 g/mol. The zero-order chi connectivity index (χ0) is 11.1. The minimum Gasteiger partial charge on any atom is -0.378 e. The van der Waals surface area contributed by atoms with Crippen molar-refractivity contribution in [3.05, 3.63) is 22.2 Å². The summed E-state index contributed by atoms with van der Waals surface area (Å²) in [4.78, 5) is 11.5. The van der Waals surface area contributed by atoms with E-state index >= 15 is 0 Å². The van der Waals surface area contributed by atoms with Crippen LogP contribution in [0.3, 0.4) is 0 Å². The van der Waals surface area contributed by atoms with Crippen LogP contribution >= 0.6 is 23.2 Å². The standard InChI is InChI=1S/C10H10Cl2O3/c1-2-14-5-10-4-3-6(15-10)8(13)7(11)9(10)12/h3-4,6H,2,5H2,1H3. The predicted molar refractivity (Wildman–Crippen MR) is 57.0 cm³/mol. The topological polar surface area (TPSA) is 35.5 Å². The van der Waals surface area contributed by atoms with Crippen molar-refractivity contribution in [1.29, 1.82) is 0 Å². The van der Waals surface area contributed by atoms with E-state index in [0.717, 1.165) is 0 Å². The minimum absolute atomic E-state index is 0.0534. The summed E-state index contributed by atoms with van der Waals surface area (Å²) in [6.45, 7) is 2.71. The molecule has 15 heavy (non-hydrogen) atoms. The van der Waals surface area contributed by atoms with Gasteiger partial charge in [0, 0.05) is 6.61 Å². The minimum atomic E-state index is -0.854. The van der Waals surface area contributed by atoms with Gasteiger partial charge >= 0.3 is 0 Å². The third kappa shape index (κ3) is 1.64. The van der Waals surface area contributed by atoms with Gasteiger partial charge in [0.15, 0.2) is 0 Å². The van der Waals surface area contributed by atoms with E-state index < -0.39 is 11.7 Å². The van der Waals surface area contributed by atoms with E-state index in [2.05, 4.69) is 0 Å². The number of halogens is 2. The molecule has 3 nitrogen and oxygen atoms in total. The number of Topliss-reactive ketones (excluding diaryl/α,β-unsaturated/α-hetero) is 1. The lowest BCUT2D eigenvalue weighted by atomic mass is 10.0. The predicted octanol–water partition coefficient (Wildman–Crippen LogP) is 1.99. The molecule has 0 N–H and O–H groups in total. The molecule has 5 heteroatoms.